The van der Waals surface area contributed by atoms with E-state index in [1.165, 1.54) is 24.9 Å². The van der Waals surface area contributed by atoms with Crippen molar-refractivity contribution in [3.63, 3.8) is 0 Å². The fourth-order valence-electron chi connectivity index (χ4n) is 6.72. The third kappa shape index (κ3) is 4.41. The predicted molar refractivity (Wildman–Crippen MR) is 148 cm³/mol. The number of benzene rings is 1. The van der Waals surface area contributed by atoms with Crippen LogP contribution >= 0.6 is 0 Å². The summed E-state index contributed by atoms with van der Waals surface area (Å²) in [4.78, 5) is 23.4. The fraction of sp³-hybridized carbons (Fsp3) is 0.552. The average Bonchev–Trinajstić information content (AvgIpc) is 3.65. The van der Waals surface area contributed by atoms with Gasteiger partial charge >= 0.3 is 5.69 Å². The van der Waals surface area contributed by atoms with Gasteiger partial charge in [0, 0.05) is 37.5 Å². The van der Waals surface area contributed by atoms with Crippen molar-refractivity contribution in [1.82, 2.24) is 29.0 Å². The number of fused-ring (bicyclic) bond motifs is 2. The van der Waals surface area contributed by atoms with Gasteiger partial charge in [-0.15, -0.1) is 0 Å². The number of ether oxygens (including phenoxy) is 2. The predicted octanol–water partition coefficient (Wildman–Crippen LogP) is 4.62. The summed E-state index contributed by atoms with van der Waals surface area (Å²) < 4.78 is 14.8. The summed E-state index contributed by atoms with van der Waals surface area (Å²) in [6.45, 7) is 7.56. The molecule has 4 heterocycles. The van der Waals surface area contributed by atoms with Crippen LogP contribution in [0.2, 0.25) is 0 Å². The molecule has 0 bridgehead atoms. The number of aromatic nitrogens is 5. The van der Waals surface area contributed by atoms with Crippen molar-refractivity contribution in [3.05, 3.63) is 46.8 Å². The van der Waals surface area contributed by atoms with Crippen molar-refractivity contribution in [2.75, 3.05) is 33.9 Å². The van der Waals surface area contributed by atoms with E-state index in [4.69, 9.17) is 9.47 Å². The Kier molecular flexibility index (Phi) is 6.74. The number of aromatic amines is 1. The number of pyridine rings is 1. The summed E-state index contributed by atoms with van der Waals surface area (Å²) in [6, 6.07) is 7.18. The van der Waals surface area contributed by atoms with Crippen molar-refractivity contribution < 1.29 is 9.47 Å². The maximum atomic E-state index is 13.3. The van der Waals surface area contributed by atoms with Crippen molar-refractivity contribution in [2.24, 2.45) is 5.92 Å². The molecular weight excluding hydrogens is 480 g/mol. The minimum Gasteiger partial charge on any atom is -0.493 e. The smallest absolute Gasteiger partial charge is 0.326 e. The quantitative estimate of drug-likeness (QED) is 0.384. The molecule has 2 fully saturated rings. The number of H-pyrrole nitrogens is 1. The van der Waals surface area contributed by atoms with Gasteiger partial charge in [0.1, 0.15) is 6.33 Å². The summed E-state index contributed by atoms with van der Waals surface area (Å²) in [5.41, 5.74) is 5.79. The summed E-state index contributed by atoms with van der Waals surface area (Å²) in [5, 5.41) is 4.33. The molecule has 0 amide bonds. The Balaban J connectivity index is 1.31. The van der Waals surface area contributed by atoms with Crippen molar-refractivity contribution in [2.45, 2.75) is 64.0 Å². The number of nitrogens with one attached hydrogen (secondary N) is 1. The second-order valence-corrected chi connectivity index (χ2v) is 11.3. The molecule has 1 aliphatic carbocycles. The second-order valence-electron chi connectivity index (χ2n) is 11.3. The van der Waals surface area contributed by atoms with E-state index in [9.17, 15) is 4.79 Å². The van der Waals surface area contributed by atoms with Crippen LogP contribution in [0.1, 0.15) is 63.5 Å². The van der Waals surface area contributed by atoms with E-state index in [0.29, 0.717) is 23.4 Å². The molecule has 0 spiro atoms. The highest BCUT2D eigenvalue weighted by molar-refractivity contribution is 5.85. The zero-order chi connectivity index (χ0) is 26.4. The Bertz CT molecular complexity index is 1490. The maximum Gasteiger partial charge on any atom is 0.326 e. The van der Waals surface area contributed by atoms with Crippen molar-refractivity contribution >= 4 is 16.7 Å². The Morgan fingerprint density at radius 2 is 1.87 bits per heavy atom. The number of imidazole rings is 1. The molecule has 1 saturated carbocycles. The van der Waals surface area contributed by atoms with Gasteiger partial charge in [-0.05, 0) is 79.8 Å². The molecular formula is C29H38N6O3. The molecule has 9 nitrogen and oxygen atoms in total. The molecule has 1 aromatic carbocycles. The van der Waals surface area contributed by atoms with Gasteiger partial charge in [0.2, 0.25) is 0 Å². The summed E-state index contributed by atoms with van der Waals surface area (Å²) >= 11 is 0. The van der Waals surface area contributed by atoms with Gasteiger partial charge < -0.3 is 19.4 Å². The molecule has 1 atom stereocenters. The standard InChI is InChI=1S/C29H38N6O3/c1-18(2)23-13-26-25(12-24(23)20-11-27(38-4)28-30-17-31-34(28)15-20)32-29(36)35(26)22-7-5-21(6-8-22)33-10-9-19(14-33)16-37-3/h11-13,15,17-19,21-22H,5-10,14,16H2,1-4H3,(H,32,36). The monoisotopic (exact) mass is 518 g/mol. The third-order valence-corrected chi connectivity index (χ3v) is 8.65. The first-order valence-corrected chi connectivity index (χ1v) is 13.9. The highest BCUT2D eigenvalue weighted by Gasteiger charge is 2.32. The van der Waals surface area contributed by atoms with Crippen LogP contribution in [0, 0.1) is 5.92 Å². The van der Waals surface area contributed by atoms with E-state index < -0.39 is 0 Å². The van der Waals surface area contributed by atoms with Crippen LogP contribution in [-0.2, 0) is 4.74 Å². The van der Waals surface area contributed by atoms with Gasteiger partial charge in [0.05, 0.1) is 24.8 Å². The van der Waals surface area contributed by atoms with Crippen LogP contribution in [0.3, 0.4) is 0 Å². The molecule has 6 rings (SSSR count). The van der Waals surface area contributed by atoms with E-state index >= 15 is 0 Å². The number of methoxy groups -OCH3 is 2. The number of likely N-dealkylation sites (tertiary alicyclic amines) is 1. The molecule has 3 aromatic heterocycles. The van der Waals surface area contributed by atoms with Gasteiger partial charge in [-0.1, -0.05) is 13.8 Å². The van der Waals surface area contributed by atoms with E-state index in [1.807, 2.05) is 16.8 Å². The molecule has 1 aliphatic heterocycles. The highest BCUT2D eigenvalue weighted by atomic mass is 16.5. The first kappa shape index (κ1) is 25.1. The van der Waals surface area contributed by atoms with Crippen LogP contribution in [0.4, 0.5) is 0 Å². The Morgan fingerprint density at radius 3 is 2.61 bits per heavy atom. The lowest BCUT2D eigenvalue weighted by Crippen LogP contribution is -2.38. The first-order valence-electron chi connectivity index (χ1n) is 13.9. The van der Waals surface area contributed by atoms with Gasteiger partial charge in [-0.3, -0.25) is 4.57 Å². The first-order chi connectivity index (χ1) is 18.5. The van der Waals surface area contributed by atoms with Crippen LogP contribution in [-0.4, -0.2) is 69.0 Å². The minimum absolute atomic E-state index is 0.0130. The van der Waals surface area contributed by atoms with Gasteiger partial charge in [-0.2, -0.15) is 5.10 Å². The zero-order valence-electron chi connectivity index (χ0n) is 22.8. The van der Waals surface area contributed by atoms with E-state index in [1.54, 1.807) is 18.7 Å². The fourth-order valence-corrected chi connectivity index (χ4v) is 6.72. The van der Waals surface area contributed by atoms with Crippen LogP contribution in [0.15, 0.2) is 35.5 Å². The highest BCUT2D eigenvalue weighted by Crippen LogP contribution is 2.38. The molecule has 202 valence electrons. The topological polar surface area (TPSA) is 89.7 Å². The summed E-state index contributed by atoms with van der Waals surface area (Å²) in [5.74, 6) is 1.60. The van der Waals surface area contributed by atoms with E-state index in [2.05, 4.69) is 45.9 Å². The number of nitrogens with zero attached hydrogens (tertiary/aromatic N) is 5. The van der Waals surface area contributed by atoms with Crippen LogP contribution < -0.4 is 10.4 Å². The molecule has 1 N–H and O–H groups in total. The molecule has 9 heteroatoms. The maximum absolute atomic E-state index is 13.3. The van der Waals surface area contributed by atoms with E-state index in [0.717, 1.165) is 61.0 Å². The molecule has 0 radical (unpaired) electrons. The van der Waals surface area contributed by atoms with Crippen molar-refractivity contribution in [1.29, 1.82) is 0 Å². The molecule has 2 aliphatic rings. The third-order valence-electron chi connectivity index (χ3n) is 8.65. The average molecular weight is 519 g/mol. The SMILES string of the molecule is COCC1CCN(C2CCC(n3c(=O)[nH]c4cc(-c5cc(OC)c6ncnn6c5)c(C(C)C)cc43)CC2)C1. The normalized spacial score (nSPS) is 22.7. The lowest BCUT2D eigenvalue weighted by atomic mass is 9.89. The Labute approximate surface area is 222 Å². The zero-order valence-corrected chi connectivity index (χ0v) is 22.8. The Morgan fingerprint density at radius 1 is 1.08 bits per heavy atom. The van der Waals surface area contributed by atoms with Gasteiger partial charge in [0.15, 0.2) is 11.4 Å². The molecule has 1 saturated heterocycles. The number of hydrogen-bond donors (Lipinski definition) is 1. The molecule has 1 unspecified atom stereocenters. The molecule has 4 aromatic rings. The summed E-state index contributed by atoms with van der Waals surface area (Å²) in [6.07, 6.45) is 9.06. The lowest BCUT2D eigenvalue weighted by molar-refractivity contribution is 0.132. The van der Waals surface area contributed by atoms with Gasteiger partial charge in [-0.25, -0.2) is 14.3 Å². The molecule has 38 heavy (non-hydrogen) atoms. The number of rotatable bonds is 7. The largest absolute Gasteiger partial charge is 0.493 e. The van der Waals surface area contributed by atoms with Crippen LogP contribution in [0.5, 0.6) is 5.75 Å². The summed E-state index contributed by atoms with van der Waals surface area (Å²) in [7, 11) is 3.45. The van der Waals surface area contributed by atoms with Gasteiger partial charge in [0.25, 0.3) is 0 Å². The second kappa shape index (κ2) is 10.2. The van der Waals surface area contributed by atoms with Crippen LogP contribution in [0.25, 0.3) is 27.8 Å². The van der Waals surface area contributed by atoms with E-state index in [-0.39, 0.29) is 17.6 Å². The number of hydrogen-bond acceptors (Lipinski definition) is 6. The minimum atomic E-state index is -0.0130. The lowest BCUT2D eigenvalue weighted by Gasteiger charge is -2.35. The van der Waals surface area contributed by atoms with Crippen molar-refractivity contribution in [3.8, 4) is 16.9 Å². The Hall–Kier alpha value is -3.17.